The van der Waals surface area contributed by atoms with E-state index in [2.05, 4.69) is 36.1 Å². The van der Waals surface area contributed by atoms with Gasteiger partial charge in [-0.3, -0.25) is 14.5 Å². The number of thioether (sulfide) groups is 2. The summed E-state index contributed by atoms with van der Waals surface area (Å²) in [5.41, 5.74) is 6.21. The fourth-order valence-electron chi connectivity index (χ4n) is 4.56. The first-order chi connectivity index (χ1) is 22.9. The van der Waals surface area contributed by atoms with E-state index in [0.29, 0.717) is 10.7 Å². The lowest BCUT2D eigenvalue weighted by Gasteiger charge is -2.49. The molecule has 2 aliphatic heterocycles. The Bertz CT molecular complexity index is 2010. The number of aromatic hydroxyl groups is 2. The number of phenolic OH excluding ortho intramolecular Hbond substituents is 2. The van der Waals surface area contributed by atoms with Gasteiger partial charge in [0, 0.05) is 35.6 Å². The van der Waals surface area contributed by atoms with Crippen molar-refractivity contribution in [3.05, 3.63) is 50.3 Å². The second-order valence-electron chi connectivity index (χ2n) is 9.87. The average molecular weight is 756 g/mol. The predicted molar refractivity (Wildman–Crippen MR) is 172 cm³/mol. The van der Waals surface area contributed by atoms with Gasteiger partial charge in [-0.1, -0.05) is 45.3 Å². The highest BCUT2D eigenvalue weighted by molar-refractivity contribution is 8.01. The number of fused-ring (bicyclic) bond motifs is 1. The number of halogens is 2. The highest BCUT2D eigenvalue weighted by Gasteiger charge is 2.54. The number of benzene rings is 1. The molecule has 48 heavy (non-hydrogen) atoms. The maximum Gasteiger partial charge on any atom is 0.352 e. The monoisotopic (exact) mass is 754 g/mol. The number of nitrogens with zero attached hydrogens (tertiary/aromatic N) is 8. The van der Waals surface area contributed by atoms with Crippen molar-refractivity contribution < 1.29 is 39.1 Å². The number of carboxylic acids is 1. The van der Waals surface area contributed by atoms with E-state index in [1.54, 1.807) is 7.05 Å². The number of aromatic nitrogens is 6. The summed E-state index contributed by atoms with van der Waals surface area (Å²) in [6.45, 7) is -0.328. The Balaban J connectivity index is 1.15. The summed E-state index contributed by atoms with van der Waals surface area (Å²) in [6, 6.07) is 1.64. The number of nitrogens with two attached hydrogens (primary N) is 1. The quantitative estimate of drug-likeness (QED) is 0.0483. The van der Waals surface area contributed by atoms with Gasteiger partial charge in [-0.15, -0.1) is 28.2 Å². The van der Waals surface area contributed by atoms with Gasteiger partial charge in [0.2, 0.25) is 5.16 Å². The van der Waals surface area contributed by atoms with Crippen LogP contribution in [0.15, 0.2) is 43.6 Å². The number of aliphatic carboxylic acids is 1. The summed E-state index contributed by atoms with van der Waals surface area (Å²) in [4.78, 5) is 49.5. The van der Waals surface area contributed by atoms with E-state index in [9.17, 15) is 29.7 Å². The minimum absolute atomic E-state index is 0.0675. The number of hydrogen-bond donors (Lipinski definition) is 5. The van der Waals surface area contributed by atoms with E-state index in [0.717, 1.165) is 16.2 Å². The van der Waals surface area contributed by atoms with Crippen molar-refractivity contribution in [3.8, 4) is 22.8 Å². The number of oxime groups is 1. The van der Waals surface area contributed by atoms with Crippen LogP contribution in [0.2, 0.25) is 10.0 Å². The van der Waals surface area contributed by atoms with Crippen LogP contribution in [0.25, 0.3) is 11.3 Å². The minimum Gasteiger partial charge on any atom is -0.503 e. The van der Waals surface area contributed by atoms with E-state index < -0.39 is 40.7 Å². The third-order valence-corrected chi connectivity index (χ3v) is 10.6. The molecule has 250 valence electrons. The Labute approximate surface area is 290 Å². The molecule has 6 N–H and O–H groups in total. The lowest BCUT2D eigenvalue weighted by molar-refractivity contribution is -0.150. The number of anilines is 1. The first kappa shape index (κ1) is 33.3. The van der Waals surface area contributed by atoms with Crippen molar-refractivity contribution in [2.75, 3.05) is 17.2 Å². The van der Waals surface area contributed by atoms with Gasteiger partial charge in [-0.25, -0.2) is 14.5 Å². The van der Waals surface area contributed by atoms with Crippen molar-refractivity contribution >= 4 is 86.7 Å². The Morgan fingerprint density at radius 2 is 2.08 bits per heavy atom. The maximum absolute atomic E-state index is 13.4. The normalized spacial score (nSPS) is 17.7. The summed E-state index contributed by atoms with van der Waals surface area (Å²) in [5.74, 6) is -3.29. The third kappa shape index (κ3) is 6.33. The van der Waals surface area contributed by atoms with Gasteiger partial charge in [-0.05, 0) is 22.1 Å². The molecule has 0 saturated carbocycles. The molecule has 18 nitrogen and oxygen atoms in total. The number of phenols is 2. The number of β-lactam (4-membered cyclic amide) rings is 1. The van der Waals surface area contributed by atoms with Gasteiger partial charge in [0.25, 0.3) is 11.8 Å². The molecule has 0 spiro atoms. The molecule has 4 aromatic rings. The standard InChI is InChI=1S/C25H20Cl2N10O8S3/c1-36-25(31-34-35-36)48-6-8-5-46-22-16(21(41)37(22)17(8)23(42)43)30-20(40)15(13-7-47-24(28)29-13)33-44-4-9-2-12(32-45-9)10-3-11(26)18(38)19(39)14(10)27/h2-3,7,16,22,38-39H,4-6H2,1H3,(H2,28,29)(H,30,40)(H,42,43)/b33-15-/t16-,22-/m1/s1. The molecule has 0 radical (unpaired) electrons. The van der Waals surface area contributed by atoms with Crippen LogP contribution >= 0.6 is 58.1 Å². The summed E-state index contributed by atoms with van der Waals surface area (Å²) >= 11 is 15.6. The molecule has 23 heteroatoms. The van der Waals surface area contributed by atoms with Gasteiger partial charge >= 0.3 is 5.97 Å². The molecule has 0 bridgehead atoms. The summed E-state index contributed by atoms with van der Waals surface area (Å²) in [6.07, 6.45) is 0. The number of thiazole rings is 1. The molecular formula is C25H20Cl2N10O8S3. The molecular weight excluding hydrogens is 735 g/mol. The molecule has 1 saturated heterocycles. The molecule has 6 rings (SSSR count). The lowest BCUT2D eigenvalue weighted by atomic mass is 10.0. The number of carbonyl (C=O) groups excluding carboxylic acids is 2. The highest BCUT2D eigenvalue weighted by atomic mass is 35.5. The average Bonchev–Trinajstić information content (AvgIpc) is 3.82. The molecule has 1 fully saturated rings. The number of nitrogen functional groups attached to an aromatic ring is 1. The number of carbonyl (C=O) groups is 3. The third-order valence-electron chi connectivity index (χ3n) is 6.84. The van der Waals surface area contributed by atoms with Crippen LogP contribution in [-0.2, 0) is 32.9 Å². The van der Waals surface area contributed by atoms with E-state index in [-0.39, 0.29) is 67.4 Å². The Kier molecular flexibility index (Phi) is 9.38. The molecule has 0 aliphatic carbocycles. The van der Waals surface area contributed by atoms with E-state index >= 15 is 0 Å². The van der Waals surface area contributed by atoms with Gasteiger partial charge < -0.3 is 35.7 Å². The largest absolute Gasteiger partial charge is 0.503 e. The zero-order valence-corrected chi connectivity index (χ0v) is 28.0. The van der Waals surface area contributed by atoms with Crippen molar-refractivity contribution in [2.24, 2.45) is 12.2 Å². The smallest absolute Gasteiger partial charge is 0.352 e. The second-order valence-corrected chi connectivity index (χ2v) is 13.6. The zero-order valence-electron chi connectivity index (χ0n) is 24.0. The zero-order chi connectivity index (χ0) is 34.3. The van der Waals surface area contributed by atoms with Gasteiger partial charge in [-0.2, -0.15) is 0 Å². The number of nitrogens with one attached hydrogen (secondary N) is 1. The van der Waals surface area contributed by atoms with Crippen molar-refractivity contribution in [1.29, 1.82) is 0 Å². The predicted octanol–water partition coefficient (Wildman–Crippen LogP) is 2.07. The van der Waals surface area contributed by atoms with Crippen molar-refractivity contribution in [3.63, 3.8) is 0 Å². The lowest BCUT2D eigenvalue weighted by Crippen LogP contribution is -2.71. The summed E-state index contributed by atoms with van der Waals surface area (Å²) < 4.78 is 6.69. The van der Waals surface area contributed by atoms with Crippen LogP contribution in [0.1, 0.15) is 11.5 Å². The number of rotatable bonds is 11. The Morgan fingerprint density at radius 3 is 2.77 bits per heavy atom. The van der Waals surface area contributed by atoms with Gasteiger partial charge in [0.15, 0.2) is 34.7 Å². The first-order valence-electron chi connectivity index (χ1n) is 13.3. The molecule has 2 atom stereocenters. The molecule has 0 unspecified atom stereocenters. The molecule has 2 aliphatic rings. The summed E-state index contributed by atoms with van der Waals surface area (Å²) in [7, 11) is 1.65. The SMILES string of the molecule is Cn1nnnc1SCC1=C(C(=O)O)N2C(=O)[C@@H](NC(=O)/C(=N\OCc3cc(-c4cc(Cl)c(O)c(O)c4Cl)no3)c3csc(N)n3)[C@H]2SC1. The second kappa shape index (κ2) is 13.5. The number of amides is 2. The number of carboxylic acid groups (broad SMARTS) is 1. The van der Waals surface area contributed by atoms with Crippen LogP contribution in [0.5, 0.6) is 11.5 Å². The van der Waals surface area contributed by atoms with Crippen LogP contribution < -0.4 is 11.1 Å². The number of hydrogen-bond acceptors (Lipinski definition) is 17. The fourth-order valence-corrected chi connectivity index (χ4v) is 7.88. The van der Waals surface area contributed by atoms with E-state index in [1.165, 1.54) is 45.7 Å². The molecule has 5 heterocycles. The van der Waals surface area contributed by atoms with Crippen LogP contribution in [0.3, 0.4) is 0 Å². The van der Waals surface area contributed by atoms with Crippen LogP contribution in [0.4, 0.5) is 5.13 Å². The van der Waals surface area contributed by atoms with Crippen molar-refractivity contribution in [1.82, 2.24) is 40.6 Å². The molecule has 2 amide bonds. The van der Waals surface area contributed by atoms with E-state index in [4.69, 9.17) is 38.3 Å². The maximum atomic E-state index is 13.4. The Hall–Kier alpha value is -4.57. The molecule has 3 aromatic heterocycles. The summed E-state index contributed by atoms with van der Waals surface area (Å²) in [5, 5.41) is 52.4. The Morgan fingerprint density at radius 1 is 1.29 bits per heavy atom. The van der Waals surface area contributed by atoms with Gasteiger partial charge in [0.05, 0.1) is 10.0 Å². The van der Waals surface area contributed by atoms with Gasteiger partial charge in [0.1, 0.15) is 28.5 Å². The topological polar surface area (TPSA) is 257 Å². The number of aryl methyl sites for hydroxylation is 1. The van der Waals surface area contributed by atoms with Crippen LogP contribution in [-0.4, -0.2) is 97.0 Å². The van der Waals surface area contributed by atoms with E-state index in [1.807, 2.05) is 0 Å². The molecule has 1 aromatic carbocycles. The highest BCUT2D eigenvalue weighted by Crippen LogP contribution is 2.45. The number of tetrazole rings is 1. The minimum atomic E-state index is -1.28. The fraction of sp³-hybridized carbons (Fsp3) is 0.240. The van der Waals surface area contributed by atoms with Crippen LogP contribution in [0, 0.1) is 0 Å². The first-order valence-corrected chi connectivity index (χ1v) is 16.9. The van der Waals surface area contributed by atoms with Crippen molar-refractivity contribution in [2.45, 2.75) is 23.2 Å².